The largest absolute Gasteiger partial charge is 0.497 e. The molecule has 0 bridgehead atoms. The number of methoxy groups -OCH3 is 1. The fourth-order valence-electron chi connectivity index (χ4n) is 2.77. The van der Waals surface area contributed by atoms with Crippen LogP contribution >= 0.6 is 11.6 Å². The molecule has 0 saturated heterocycles. The lowest BCUT2D eigenvalue weighted by molar-refractivity contribution is -0.125. The maximum absolute atomic E-state index is 12.9. The number of amides is 2. The van der Waals surface area contributed by atoms with Crippen molar-refractivity contribution in [1.29, 1.82) is 0 Å². The lowest BCUT2D eigenvalue weighted by Crippen LogP contribution is -2.46. The average Bonchev–Trinajstić information content (AvgIpc) is 3.08. The summed E-state index contributed by atoms with van der Waals surface area (Å²) in [6.45, 7) is 0.584. The molecule has 0 fully saturated rings. The zero-order valence-corrected chi connectivity index (χ0v) is 14.1. The van der Waals surface area contributed by atoms with Gasteiger partial charge in [-0.05, 0) is 24.3 Å². The Bertz CT molecular complexity index is 789. The van der Waals surface area contributed by atoms with E-state index >= 15 is 0 Å². The number of carbonyl (C=O) groups excluding carboxylic acids is 2. The number of ether oxygens (including phenoxy) is 1. The summed E-state index contributed by atoms with van der Waals surface area (Å²) in [4.78, 5) is 26.6. The van der Waals surface area contributed by atoms with Gasteiger partial charge in [0, 0.05) is 13.2 Å². The van der Waals surface area contributed by atoms with Crippen LogP contribution in [0.25, 0.3) is 0 Å². The monoisotopic (exact) mass is 348 g/mol. The van der Waals surface area contributed by atoms with Crippen molar-refractivity contribution >= 4 is 23.4 Å². The number of aromatic nitrogens is 2. The Morgan fingerprint density at radius 2 is 2.17 bits per heavy atom. The molecule has 0 unspecified atom stereocenters. The Kier molecular flexibility index (Phi) is 4.44. The summed E-state index contributed by atoms with van der Waals surface area (Å²) >= 11 is 6.17. The highest BCUT2D eigenvalue weighted by atomic mass is 35.5. The van der Waals surface area contributed by atoms with Crippen LogP contribution in [0, 0.1) is 0 Å². The summed E-state index contributed by atoms with van der Waals surface area (Å²) in [6, 6.07) is 6.14. The maximum Gasteiger partial charge on any atom is 0.255 e. The SMILES string of the molecule is CNC(=O)[C@@H]1CN(C(=O)c2cc(OC)ccc2Cl)Cc2ccnn21. The van der Waals surface area contributed by atoms with Crippen molar-refractivity contribution in [3.05, 3.63) is 46.7 Å². The summed E-state index contributed by atoms with van der Waals surface area (Å²) in [6.07, 6.45) is 1.62. The van der Waals surface area contributed by atoms with E-state index in [1.165, 1.54) is 7.11 Å². The van der Waals surface area contributed by atoms with E-state index in [1.807, 2.05) is 0 Å². The Balaban J connectivity index is 1.93. The molecule has 7 nitrogen and oxygen atoms in total. The molecule has 2 heterocycles. The molecule has 2 aromatic rings. The van der Waals surface area contributed by atoms with Crippen LogP contribution in [-0.2, 0) is 11.3 Å². The number of hydrogen-bond acceptors (Lipinski definition) is 4. The summed E-state index contributed by atoms with van der Waals surface area (Å²) < 4.78 is 6.81. The molecule has 1 N–H and O–H groups in total. The highest BCUT2D eigenvalue weighted by Gasteiger charge is 2.33. The van der Waals surface area contributed by atoms with Gasteiger partial charge in [0.05, 0.1) is 36.5 Å². The number of benzene rings is 1. The summed E-state index contributed by atoms with van der Waals surface area (Å²) in [5.41, 5.74) is 1.14. The molecule has 1 aromatic carbocycles. The average molecular weight is 349 g/mol. The predicted molar refractivity (Wildman–Crippen MR) is 88.1 cm³/mol. The molecule has 1 aromatic heterocycles. The lowest BCUT2D eigenvalue weighted by atomic mass is 10.1. The molecular formula is C16H17ClN4O3. The van der Waals surface area contributed by atoms with Crippen molar-refractivity contribution < 1.29 is 14.3 Å². The quantitative estimate of drug-likeness (QED) is 0.911. The van der Waals surface area contributed by atoms with Crippen molar-refractivity contribution in [2.24, 2.45) is 0 Å². The molecule has 0 aliphatic carbocycles. The first-order valence-electron chi connectivity index (χ1n) is 7.42. The summed E-state index contributed by atoms with van der Waals surface area (Å²) in [7, 11) is 3.09. The number of hydrogen-bond donors (Lipinski definition) is 1. The molecule has 0 saturated carbocycles. The number of halogens is 1. The zero-order chi connectivity index (χ0) is 17.3. The van der Waals surface area contributed by atoms with Crippen LogP contribution in [0.3, 0.4) is 0 Å². The first kappa shape index (κ1) is 16.3. The number of nitrogens with zero attached hydrogens (tertiary/aromatic N) is 3. The number of rotatable bonds is 3. The zero-order valence-electron chi connectivity index (χ0n) is 13.3. The second kappa shape index (κ2) is 6.52. The van der Waals surface area contributed by atoms with Gasteiger partial charge in [0.2, 0.25) is 5.91 Å². The predicted octanol–water partition coefficient (Wildman–Crippen LogP) is 1.49. The molecule has 1 aliphatic heterocycles. The number of fused-ring (bicyclic) bond motifs is 1. The molecule has 3 rings (SSSR count). The van der Waals surface area contributed by atoms with Gasteiger partial charge in [-0.25, -0.2) is 0 Å². The van der Waals surface area contributed by atoms with Crippen LogP contribution in [-0.4, -0.2) is 47.2 Å². The van der Waals surface area contributed by atoms with E-state index in [9.17, 15) is 9.59 Å². The minimum absolute atomic E-state index is 0.200. The lowest BCUT2D eigenvalue weighted by Gasteiger charge is -2.33. The van der Waals surface area contributed by atoms with Crippen molar-refractivity contribution in [2.45, 2.75) is 12.6 Å². The van der Waals surface area contributed by atoms with E-state index in [1.54, 1.807) is 47.1 Å². The molecule has 24 heavy (non-hydrogen) atoms. The number of carbonyl (C=O) groups is 2. The van der Waals surface area contributed by atoms with Crippen molar-refractivity contribution in [1.82, 2.24) is 20.0 Å². The van der Waals surface area contributed by atoms with Gasteiger partial charge in [-0.3, -0.25) is 14.3 Å². The standard InChI is InChI=1S/C16H17ClN4O3/c1-18-15(22)14-9-20(8-10-5-6-19-21(10)14)16(23)12-7-11(24-2)3-4-13(12)17/h3-7,14H,8-9H2,1-2H3,(H,18,22)/t14-/m0/s1. The third-order valence-corrected chi connectivity index (χ3v) is 4.36. The Morgan fingerprint density at radius 1 is 1.38 bits per heavy atom. The van der Waals surface area contributed by atoms with Crippen LogP contribution in [0.2, 0.25) is 5.02 Å². The van der Waals surface area contributed by atoms with Gasteiger partial charge in [-0.15, -0.1) is 0 Å². The Hall–Kier alpha value is -2.54. The molecule has 1 aliphatic rings. The Morgan fingerprint density at radius 3 is 2.88 bits per heavy atom. The third-order valence-electron chi connectivity index (χ3n) is 4.03. The van der Waals surface area contributed by atoms with E-state index in [2.05, 4.69) is 10.4 Å². The summed E-state index contributed by atoms with van der Waals surface area (Å²) in [5, 5.41) is 7.14. The molecule has 8 heteroatoms. The minimum atomic E-state index is -0.568. The van der Waals surface area contributed by atoms with E-state index in [0.29, 0.717) is 22.9 Å². The van der Waals surface area contributed by atoms with Crippen LogP contribution in [0.4, 0.5) is 0 Å². The van der Waals surface area contributed by atoms with Crippen molar-refractivity contribution in [3.8, 4) is 5.75 Å². The normalized spacial score (nSPS) is 16.5. The number of likely N-dealkylation sites (N-methyl/N-ethyl adjacent to an activating group) is 1. The van der Waals surface area contributed by atoms with Crippen molar-refractivity contribution in [3.63, 3.8) is 0 Å². The highest BCUT2D eigenvalue weighted by molar-refractivity contribution is 6.33. The van der Waals surface area contributed by atoms with E-state index < -0.39 is 6.04 Å². The smallest absolute Gasteiger partial charge is 0.255 e. The topological polar surface area (TPSA) is 76.5 Å². The highest BCUT2D eigenvalue weighted by Crippen LogP contribution is 2.27. The second-order valence-electron chi connectivity index (χ2n) is 5.43. The van der Waals surface area contributed by atoms with Gasteiger partial charge in [0.1, 0.15) is 11.8 Å². The molecule has 0 spiro atoms. The van der Waals surface area contributed by atoms with Crippen LogP contribution in [0.5, 0.6) is 5.75 Å². The molecular weight excluding hydrogens is 332 g/mol. The maximum atomic E-state index is 12.9. The van der Waals surface area contributed by atoms with Gasteiger partial charge in [-0.1, -0.05) is 11.6 Å². The van der Waals surface area contributed by atoms with Gasteiger partial charge in [0.25, 0.3) is 5.91 Å². The van der Waals surface area contributed by atoms with Crippen LogP contribution < -0.4 is 10.1 Å². The molecule has 2 amide bonds. The van der Waals surface area contributed by atoms with E-state index in [0.717, 1.165) is 5.69 Å². The fourth-order valence-corrected chi connectivity index (χ4v) is 2.97. The second-order valence-corrected chi connectivity index (χ2v) is 5.84. The first-order valence-corrected chi connectivity index (χ1v) is 7.79. The molecule has 1 atom stereocenters. The minimum Gasteiger partial charge on any atom is -0.497 e. The fraction of sp³-hybridized carbons (Fsp3) is 0.312. The van der Waals surface area contributed by atoms with Crippen LogP contribution in [0.15, 0.2) is 30.5 Å². The van der Waals surface area contributed by atoms with E-state index in [4.69, 9.17) is 16.3 Å². The molecule has 126 valence electrons. The number of nitrogens with one attached hydrogen (secondary N) is 1. The van der Waals surface area contributed by atoms with Gasteiger partial charge >= 0.3 is 0 Å². The first-order chi connectivity index (χ1) is 11.5. The van der Waals surface area contributed by atoms with Gasteiger partial charge in [-0.2, -0.15) is 5.10 Å². The van der Waals surface area contributed by atoms with Crippen LogP contribution in [0.1, 0.15) is 22.1 Å². The van der Waals surface area contributed by atoms with Gasteiger partial charge in [0.15, 0.2) is 0 Å². The van der Waals surface area contributed by atoms with Gasteiger partial charge < -0.3 is 15.0 Å². The van der Waals surface area contributed by atoms with E-state index in [-0.39, 0.29) is 18.4 Å². The Labute approximate surface area is 144 Å². The third kappa shape index (κ3) is 2.82. The molecule has 0 radical (unpaired) electrons. The summed E-state index contributed by atoms with van der Waals surface area (Å²) in [5.74, 6) is 0.0992. The van der Waals surface area contributed by atoms with Crippen molar-refractivity contribution in [2.75, 3.05) is 20.7 Å².